The molecule has 0 radical (unpaired) electrons. The van der Waals surface area contributed by atoms with Crippen molar-refractivity contribution in [2.24, 2.45) is 0 Å². The van der Waals surface area contributed by atoms with E-state index in [0.717, 1.165) is 16.1 Å². The zero-order valence-corrected chi connectivity index (χ0v) is 14.3. The normalized spacial score (nSPS) is 25.2. The second-order valence-corrected chi connectivity index (χ2v) is 7.44. The molecule has 0 bridgehead atoms. The average molecular weight is 342 g/mol. The topological polar surface area (TPSA) is 12.0 Å². The van der Waals surface area contributed by atoms with Crippen LogP contribution in [0.25, 0.3) is 0 Å². The van der Waals surface area contributed by atoms with Gasteiger partial charge in [-0.25, -0.2) is 0 Å². The molecule has 1 unspecified atom stereocenters. The van der Waals surface area contributed by atoms with Crippen molar-refractivity contribution in [2.75, 3.05) is 6.26 Å². The van der Waals surface area contributed by atoms with Crippen LogP contribution in [0, 0.1) is 0 Å². The second kappa shape index (κ2) is 7.70. The van der Waals surface area contributed by atoms with E-state index in [0.29, 0.717) is 12.1 Å². The lowest BCUT2D eigenvalue weighted by molar-refractivity contribution is 0.339. The van der Waals surface area contributed by atoms with E-state index in [1.165, 1.54) is 31.2 Å². The molecule has 0 aliphatic heterocycles. The van der Waals surface area contributed by atoms with E-state index in [2.05, 4.69) is 58.7 Å². The van der Waals surface area contributed by atoms with Gasteiger partial charge >= 0.3 is 0 Å². The van der Waals surface area contributed by atoms with Crippen molar-refractivity contribution >= 4 is 27.7 Å². The van der Waals surface area contributed by atoms with Crippen molar-refractivity contribution in [3.63, 3.8) is 0 Å². The maximum Gasteiger partial charge on any atom is 0.0320 e. The minimum Gasteiger partial charge on any atom is -0.307 e. The number of hydrogen-bond acceptors (Lipinski definition) is 2. The van der Waals surface area contributed by atoms with Gasteiger partial charge in [-0.3, -0.25) is 0 Å². The Balaban J connectivity index is 1.91. The Hall–Kier alpha value is 0.01000. The summed E-state index contributed by atoms with van der Waals surface area (Å²) in [6, 6.07) is 9.97. The molecule has 0 saturated heterocycles. The molecule has 1 aromatic carbocycles. The third kappa shape index (κ3) is 4.51. The zero-order chi connectivity index (χ0) is 13.7. The largest absolute Gasteiger partial charge is 0.307 e. The fourth-order valence-corrected chi connectivity index (χ4v) is 3.90. The fourth-order valence-electron chi connectivity index (χ4n) is 2.89. The highest BCUT2D eigenvalue weighted by Gasteiger charge is 2.22. The summed E-state index contributed by atoms with van der Waals surface area (Å²) >= 11 is 5.54. The Labute approximate surface area is 130 Å². The molecule has 0 heterocycles. The zero-order valence-electron chi connectivity index (χ0n) is 11.9. The summed E-state index contributed by atoms with van der Waals surface area (Å²) in [5.41, 5.74) is 1.41. The van der Waals surface area contributed by atoms with Crippen molar-refractivity contribution < 1.29 is 0 Å². The van der Waals surface area contributed by atoms with Crippen molar-refractivity contribution in [2.45, 2.75) is 56.4 Å². The van der Waals surface area contributed by atoms with E-state index in [1.807, 2.05) is 11.8 Å². The molecule has 1 saturated carbocycles. The van der Waals surface area contributed by atoms with Gasteiger partial charge in [-0.2, -0.15) is 11.8 Å². The predicted octanol–water partition coefficient (Wildman–Crippen LogP) is 5.16. The first-order valence-corrected chi connectivity index (χ1v) is 9.35. The van der Waals surface area contributed by atoms with Gasteiger partial charge in [-0.05, 0) is 56.1 Å². The van der Waals surface area contributed by atoms with Gasteiger partial charge in [0.05, 0.1) is 0 Å². The minimum atomic E-state index is 0.504. The van der Waals surface area contributed by atoms with Gasteiger partial charge in [0.1, 0.15) is 0 Å². The summed E-state index contributed by atoms with van der Waals surface area (Å²) in [6.45, 7) is 2.27. The monoisotopic (exact) mass is 341 g/mol. The molecule has 1 fully saturated rings. The van der Waals surface area contributed by atoms with Crippen LogP contribution in [0.2, 0.25) is 0 Å². The molecular weight excluding hydrogens is 318 g/mol. The Kier molecular flexibility index (Phi) is 6.24. The van der Waals surface area contributed by atoms with Crippen LogP contribution in [0.5, 0.6) is 0 Å². The van der Waals surface area contributed by atoms with Gasteiger partial charge in [-0.15, -0.1) is 0 Å². The van der Waals surface area contributed by atoms with Crippen molar-refractivity contribution in [3.05, 3.63) is 34.3 Å². The Morgan fingerprint density at radius 1 is 1.21 bits per heavy atom. The summed E-state index contributed by atoms with van der Waals surface area (Å²) in [4.78, 5) is 0. The standard InChI is InChI=1S/C16H24BrNS/c1-3-16(12-4-6-13(17)7-5-12)18-14-8-10-15(19-2)11-9-14/h4-7,14-16,18H,3,8-11H2,1-2H3. The van der Waals surface area contributed by atoms with Crippen LogP contribution in [0.1, 0.15) is 50.6 Å². The predicted molar refractivity (Wildman–Crippen MR) is 89.9 cm³/mol. The van der Waals surface area contributed by atoms with E-state index in [9.17, 15) is 0 Å². The molecule has 0 amide bonds. The van der Waals surface area contributed by atoms with Crippen LogP contribution in [0.4, 0.5) is 0 Å². The first-order valence-electron chi connectivity index (χ1n) is 7.27. The highest BCUT2D eigenvalue weighted by atomic mass is 79.9. The Morgan fingerprint density at radius 3 is 2.37 bits per heavy atom. The second-order valence-electron chi connectivity index (χ2n) is 5.39. The number of hydrogen-bond donors (Lipinski definition) is 1. The van der Waals surface area contributed by atoms with E-state index >= 15 is 0 Å². The summed E-state index contributed by atoms with van der Waals surface area (Å²) in [5.74, 6) is 0. The molecule has 1 aliphatic rings. The lowest BCUT2D eigenvalue weighted by Gasteiger charge is -2.31. The van der Waals surface area contributed by atoms with Crippen LogP contribution >= 0.6 is 27.7 Å². The summed E-state index contributed by atoms with van der Waals surface area (Å²) in [7, 11) is 0. The SMILES string of the molecule is CCC(NC1CCC(SC)CC1)c1ccc(Br)cc1. The molecule has 19 heavy (non-hydrogen) atoms. The Bertz CT molecular complexity index is 371. The molecule has 0 spiro atoms. The van der Waals surface area contributed by atoms with Gasteiger partial charge in [0.25, 0.3) is 0 Å². The number of thioether (sulfide) groups is 1. The molecular formula is C16H24BrNS. The van der Waals surface area contributed by atoms with Crippen LogP contribution in [0.3, 0.4) is 0 Å². The van der Waals surface area contributed by atoms with Crippen molar-refractivity contribution in [1.82, 2.24) is 5.32 Å². The maximum absolute atomic E-state index is 3.86. The number of benzene rings is 1. The number of nitrogens with one attached hydrogen (secondary N) is 1. The molecule has 1 nitrogen and oxygen atoms in total. The average Bonchev–Trinajstić information content (AvgIpc) is 2.46. The van der Waals surface area contributed by atoms with Gasteiger partial charge in [0.2, 0.25) is 0 Å². The fraction of sp³-hybridized carbons (Fsp3) is 0.625. The van der Waals surface area contributed by atoms with E-state index in [4.69, 9.17) is 0 Å². The molecule has 1 aromatic rings. The Morgan fingerprint density at radius 2 is 1.84 bits per heavy atom. The first-order chi connectivity index (χ1) is 9.22. The van der Waals surface area contributed by atoms with Gasteiger partial charge in [0.15, 0.2) is 0 Å². The maximum atomic E-state index is 3.86. The van der Waals surface area contributed by atoms with Gasteiger partial charge in [0, 0.05) is 21.8 Å². The van der Waals surface area contributed by atoms with E-state index < -0.39 is 0 Å². The summed E-state index contributed by atoms with van der Waals surface area (Å²) < 4.78 is 1.16. The molecule has 1 atom stereocenters. The summed E-state index contributed by atoms with van der Waals surface area (Å²) in [6.07, 6.45) is 8.81. The number of halogens is 1. The van der Waals surface area contributed by atoms with E-state index in [1.54, 1.807) is 0 Å². The highest BCUT2D eigenvalue weighted by molar-refractivity contribution is 9.10. The number of rotatable bonds is 5. The first kappa shape index (κ1) is 15.4. The molecule has 2 rings (SSSR count). The third-order valence-corrected chi connectivity index (χ3v) is 5.79. The smallest absolute Gasteiger partial charge is 0.0320 e. The molecule has 3 heteroatoms. The molecule has 1 aliphatic carbocycles. The highest BCUT2D eigenvalue weighted by Crippen LogP contribution is 2.29. The lowest BCUT2D eigenvalue weighted by Crippen LogP contribution is -2.36. The van der Waals surface area contributed by atoms with Crippen LogP contribution in [-0.4, -0.2) is 17.5 Å². The molecule has 0 aromatic heterocycles. The molecule has 1 N–H and O–H groups in total. The van der Waals surface area contributed by atoms with Crippen LogP contribution in [0.15, 0.2) is 28.7 Å². The molecule has 106 valence electrons. The van der Waals surface area contributed by atoms with E-state index in [-0.39, 0.29) is 0 Å². The van der Waals surface area contributed by atoms with Crippen molar-refractivity contribution in [3.8, 4) is 0 Å². The van der Waals surface area contributed by atoms with Crippen molar-refractivity contribution in [1.29, 1.82) is 0 Å². The quantitative estimate of drug-likeness (QED) is 0.793. The van der Waals surface area contributed by atoms with Crippen LogP contribution < -0.4 is 5.32 Å². The van der Waals surface area contributed by atoms with Gasteiger partial charge in [-0.1, -0.05) is 35.0 Å². The van der Waals surface area contributed by atoms with Gasteiger partial charge < -0.3 is 5.32 Å². The third-order valence-electron chi connectivity index (χ3n) is 4.13. The summed E-state index contributed by atoms with van der Waals surface area (Å²) in [5, 5.41) is 4.76. The minimum absolute atomic E-state index is 0.504. The van der Waals surface area contributed by atoms with Crippen LogP contribution in [-0.2, 0) is 0 Å². The lowest BCUT2D eigenvalue weighted by atomic mass is 9.93.